The molecule has 1 atom stereocenters. The summed E-state index contributed by atoms with van der Waals surface area (Å²) >= 11 is 0. The van der Waals surface area contributed by atoms with Crippen LogP contribution in [0, 0.1) is 16.7 Å². The quantitative estimate of drug-likeness (QED) is 0.643. The van der Waals surface area contributed by atoms with E-state index >= 15 is 0 Å². The molecule has 4 rings (SSSR count). The summed E-state index contributed by atoms with van der Waals surface area (Å²) in [5, 5.41) is 16.4. The summed E-state index contributed by atoms with van der Waals surface area (Å²) in [6.07, 6.45) is 10.4. The first-order valence-corrected chi connectivity index (χ1v) is 10.1. The molecule has 1 unspecified atom stereocenters. The lowest BCUT2D eigenvalue weighted by atomic mass is 9.71. The zero-order valence-electron chi connectivity index (χ0n) is 17.0. The third kappa shape index (κ3) is 4.40. The van der Waals surface area contributed by atoms with E-state index in [2.05, 4.69) is 50.5 Å². The van der Waals surface area contributed by atoms with Crippen LogP contribution in [0.3, 0.4) is 0 Å². The van der Waals surface area contributed by atoms with Gasteiger partial charge in [-0.3, -0.25) is 0 Å². The standard InChI is InChI=1S/C17H26BN3O2.C3H7N/c1-15(2)16(3,4)23-18(22-15)13-5-6-14(21-11-13)17(12-19)7-9-20-10-8-17;4-3-1-2-3/h5-6,11,14,20-21H,7-10H2,1-4H3;3H,1-2,4H2. The molecule has 3 aliphatic heterocycles. The molecule has 0 spiro atoms. The molecule has 148 valence electrons. The molecule has 6 nitrogen and oxygen atoms in total. The number of nitrogens with one attached hydrogen (secondary N) is 2. The lowest BCUT2D eigenvalue weighted by molar-refractivity contribution is 0.00578. The molecule has 0 aromatic heterocycles. The minimum atomic E-state index is -0.365. The lowest BCUT2D eigenvalue weighted by Crippen LogP contribution is -2.49. The molecule has 1 saturated carbocycles. The Morgan fingerprint density at radius 3 is 2.11 bits per heavy atom. The number of nitriles is 1. The molecule has 2 saturated heterocycles. The number of rotatable bonds is 2. The van der Waals surface area contributed by atoms with Gasteiger partial charge < -0.3 is 25.7 Å². The molecule has 4 N–H and O–H groups in total. The molecular weight excluding hydrogens is 339 g/mol. The van der Waals surface area contributed by atoms with Gasteiger partial charge in [-0.25, -0.2) is 0 Å². The Balaban J connectivity index is 0.000000466. The Labute approximate surface area is 163 Å². The second kappa shape index (κ2) is 7.59. The van der Waals surface area contributed by atoms with Crippen molar-refractivity contribution < 1.29 is 9.31 Å². The van der Waals surface area contributed by atoms with Crippen molar-refractivity contribution in [3.05, 3.63) is 23.8 Å². The maximum atomic E-state index is 9.69. The van der Waals surface area contributed by atoms with Crippen LogP contribution in [0.25, 0.3) is 0 Å². The first-order valence-electron chi connectivity index (χ1n) is 10.1. The molecule has 0 aromatic carbocycles. The molecule has 0 radical (unpaired) electrons. The van der Waals surface area contributed by atoms with Crippen LogP contribution in [-0.2, 0) is 9.31 Å². The molecule has 3 fully saturated rings. The van der Waals surface area contributed by atoms with E-state index in [0.717, 1.165) is 31.4 Å². The molecule has 3 heterocycles. The Kier molecular flexibility index (Phi) is 5.74. The van der Waals surface area contributed by atoms with Gasteiger partial charge in [0.1, 0.15) is 0 Å². The zero-order chi connectivity index (χ0) is 19.7. The minimum absolute atomic E-state index is 0.0424. The van der Waals surface area contributed by atoms with Crippen LogP contribution in [0.5, 0.6) is 0 Å². The highest BCUT2D eigenvalue weighted by Gasteiger charge is 2.52. The van der Waals surface area contributed by atoms with E-state index in [4.69, 9.17) is 15.0 Å². The monoisotopic (exact) mass is 372 g/mol. The SMILES string of the molecule is CC1(C)OB(C2=CNC(C3(C#N)CCNCC3)C=C2)OC1(C)C.NC1CC1. The fraction of sp³-hybridized carbons (Fsp3) is 0.750. The number of nitrogens with zero attached hydrogens (tertiary/aromatic N) is 1. The van der Waals surface area contributed by atoms with Crippen molar-refractivity contribution in [2.24, 2.45) is 11.1 Å². The van der Waals surface area contributed by atoms with Crippen molar-refractivity contribution in [1.29, 1.82) is 5.26 Å². The van der Waals surface area contributed by atoms with E-state index in [9.17, 15) is 5.26 Å². The minimum Gasteiger partial charge on any atom is -0.399 e. The van der Waals surface area contributed by atoms with Gasteiger partial charge in [-0.15, -0.1) is 0 Å². The number of hydrogen-bond donors (Lipinski definition) is 3. The molecule has 0 amide bonds. The topological polar surface area (TPSA) is 92.3 Å². The van der Waals surface area contributed by atoms with Gasteiger partial charge in [-0.2, -0.15) is 5.26 Å². The smallest absolute Gasteiger partial charge is 0.399 e. The van der Waals surface area contributed by atoms with Crippen LogP contribution in [0.2, 0.25) is 0 Å². The number of dihydropyridines is 1. The first kappa shape index (κ1) is 20.4. The first-order chi connectivity index (χ1) is 12.7. The van der Waals surface area contributed by atoms with Crippen LogP contribution >= 0.6 is 0 Å². The highest BCUT2D eigenvalue weighted by molar-refractivity contribution is 6.55. The van der Waals surface area contributed by atoms with Crippen molar-refractivity contribution in [2.45, 2.75) is 76.7 Å². The number of piperidine rings is 1. The average molecular weight is 372 g/mol. The van der Waals surface area contributed by atoms with Crippen molar-refractivity contribution in [2.75, 3.05) is 13.1 Å². The number of nitrogens with two attached hydrogens (primary N) is 1. The van der Waals surface area contributed by atoms with Crippen LogP contribution in [-0.4, -0.2) is 43.5 Å². The van der Waals surface area contributed by atoms with Gasteiger partial charge in [0.15, 0.2) is 0 Å². The second-order valence-corrected chi connectivity index (χ2v) is 9.09. The van der Waals surface area contributed by atoms with Crippen molar-refractivity contribution in [3.8, 4) is 6.07 Å². The Morgan fingerprint density at radius 2 is 1.70 bits per heavy atom. The summed E-state index contributed by atoms with van der Waals surface area (Å²) in [6.45, 7) is 10.00. The van der Waals surface area contributed by atoms with E-state index in [1.54, 1.807) is 0 Å². The Bertz CT molecular complexity index is 627. The third-order valence-electron chi connectivity index (χ3n) is 6.37. The fourth-order valence-electron chi connectivity index (χ4n) is 3.43. The van der Waals surface area contributed by atoms with E-state index < -0.39 is 0 Å². The lowest BCUT2D eigenvalue weighted by Gasteiger charge is -2.38. The Morgan fingerprint density at radius 1 is 1.15 bits per heavy atom. The highest BCUT2D eigenvalue weighted by Crippen LogP contribution is 2.40. The van der Waals surface area contributed by atoms with Crippen molar-refractivity contribution >= 4 is 7.12 Å². The largest absolute Gasteiger partial charge is 0.496 e. The molecule has 0 aromatic rings. The Hall–Kier alpha value is -1.33. The van der Waals surface area contributed by atoms with Gasteiger partial charge in [0.05, 0.1) is 28.7 Å². The van der Waals surface area contributed by atoms with Crippen molar-refractivity contribution in [1.82, 2.24) is 10.6 Å². The second-order valence-electron chi connectivity index (χ2n) is 9.09. The van der Waals surface area contributed by atoms with Crippen molar-refractivity contribution in [3.63, 3.8) is 0 Å². The zero-order valence-corrected chi connectivity index (χ0v) is 17.0. The molecular formula is C20H33BN4O2. The van der Waals surface area contributed by atoms with E-state index in [-0.39, 0.29) is 29.8 Å². The molecule has 7 heteroatoms. The summed E-state index contributed by atoms with van der Waals surface area (Å²) < 4.78 is 12.2. The van der Waals surface area contributed by atoms with Crippen LogP contribution in [0.4, 0.5) is 0 Å². The van der Waals surface area contributed by atoms with E-state index in [1.165, 1.54) is 12.8 Å². The average Bonchev–Trinajstić information content (AvgIpc) is 3.39. The van der Waals surface area contributed by atoms with Gasteiger partial charge >= 0.3 is 7.12 Å². The van der Waals surface area contributed by atoms with E-state index in [1.807, 2.05) is 12.3 Å². The summed E-state index contributed by atoms with van der Waals surface area (Å²) in [6, 6.07) is 3.18. The van der Waals surface area contributed by atoms with E-state index in [0.29, 0.717) is 6.04 Å². The maximum absolute atomic E-state index is 9.69. The van der Waals surface area contributed by atoms with Gasteiger partial charge in [0, 0.05) is 6.04 Å². The molecule has 1 aliphatic carbocycles. The summed E-state index contributed by atoms with van der Waals surface area (Å²) in [4.78, 5) is 0. The summed E-state index contributed by atoms with van der Waals surface area (Å²) in [5.41, 5.74) is 5.18. The van der Waals surface area contributed by atoms with Crippen LogP contribution in [0.15, 0.2) is 23.8 Å². The van der Waals surface area contributed by atoms with Gasteiger partial charge in [0.25, 0.3) is 0 Å². The highest BCUT2D eigenvalue weighted by atomic mass is 16.7. The number of allylic oxidation sites excluding steroid dienone is 2. The molecule has 4 aliphatic rings. The molecule has 27 heavy (non-hydrogen) atoms. The van der Waals surface area contributed by atoms with Gasteiger partial charge in [0.2, 0.25) is 0 Å². The fourth-order valence-corrected chi connectivity index (χ4v) is 3.43. The van der Waals surface area contributed by atoms with Crippen LogP contribution in [0.1, 0.15) is 53.4 Å². The number of hydrogen-bond acceptors (Lipinski definition) is 6. The third-order valence-corrected chi connectivity index (χ3v) is 6.37. The predicted molar refractivity (Wildman–Crippen MR) is 108 cm³/mol. The maximum Gasteiger partial charge on any atom is 0.496 e. The summed E-state index contributed by atoms with van der Waals surface area (Å²) in [7, 11) is -0.365. The van der Waals surface area contributed by atoms with Crippen LogP contribution < -0.4 is 16.4 Å². The summed E-state index contributed by atoms with van der Waals surface area (Å²) in [5.74, 6) is 0. The van der Waals surface area contributed by atoms with Gasteiger partial charge in [-0.1, -0.05) is 12.2 Å². The predicted octanol–water partition coefficient (Wildman–Crippen LogP) is 2.03. The van der Waals surface area contributed by atoms with Gasteiger partial charge in [-0.05, 0) is 78.1 Å². The molecule has 0 bridgehead atoms. The normalized spacial score (nSPS) is 30.4.